The van der Waals surface area contributed by atoms with Crippen molar-refractivity contribution in [2.75, 3.05) is 6.61 Å². The highest BCUT2D eigenvalue weighted by atomic mass is 16.7. The van der Waals surface area contributed by atoms with Crippen LogP contribution in [-0.2, 0) is 9.47 Å². The topological polar surface area (TPSA) is 18.5 Å². The Kier molecular flexibility index (Phi) is 1.06. The summed E-state index contributed by atoms with van der Waals surface area (Å²) >= 11 is 0. The van der Waals surface area contributed by atoms with E-state index in [1.165, 1.54) is 5.57 Å². The van der Waals surface area contributed by atoms with Crippen molar-refractivity contribution < 1.29 is 9.47 Å². The van der Waals surface area contributed by atoms with Gasteiger partial charge >= 0.3 is 0 Å². The smallest absolute Gasteiger partial charge is 0.222 e. The molecule has 9 heavy (non-hydrogen) atoms. The molecule has 2 aliphatic heterocycles. The van der Waals surface area contributed by atoms with E-state index in [-0.39, 0.29) is 6.29 Å². The summed E-state index contributed by atoms with van der Waals surface area (Å²) in [5, 5.41) is 0. The van der Waals surface area contributed by atoms with Gasteiger partial charge in [0.2, 0.25) is 6.29 Å². The fraction of sp³-hybridized carbons (Fsp3) is 0.429. The summed E-state index contributed by atoms with van der Waals surface area (Å²) in [6.45, 7) is 0.710. The maximum Gasteiger partial charge on any atom is 0.222 e. The Hall–Kier alpha value is -0.760. The number of rotatable bonds is 0. The van der Waals surface area contributed by atoms with Crippen molar-refractivity contribution in [2.24, 2.45) is 0 Å². The molecule has 0 aliphatic carbocycles. The predicted molar refractivity (Wildman–Crippen MR) is 32.7 cm³/mol. The fourth-order valence-corrected chi connectivity index (χ4v) is 1.06. The van der Waals surface area contributed by atoms with Crippen LogP contribution >= 0.6 is 0 Å². The van der Waals surface area contributed by atoms with E-state index in [4.69, 9.17) is 9.47 Å². The Labute approximate surface area is 53.8 Å². The molecule has 0 amide bonds. The Balaban J connectivity index is 2.20. The maximum atomic E-state index is 5.19. The molecule has 0 saturated carbocycles. The summed E-state index contributed by atoms with van der Waals surface area (Å²) < 4.78 is 10.3. The van der Waals surface area contributed by atoms with E-state index in [2.05, 4.69) is 6.08 Å². The number of hydrogen-bond acceptors (Lipinski definition) is 2. The minimum absolute atomic E-state index is 0.0602. The van der Waals surface area contributed by atoms with Crippen LogP contribution < -0.4 is 0 Å². The third kappa shape index (κ3) is 0.754. The van der Waals surface area contributed by atoms with Crippen molar-refractivity contribution >= 4 is 0 Å². The second-order valence-electron chi connectivity index (χ2n) is 2.16. The zero-order chi connectivity index (χ0) is 6.10. The molecule has 0 radical (unpaired) electrons. The summed E-state index contributed by atoms with van der Waals surface area (Å²) in [4.78, 5) is 0. The molecule has 2 rings (SSSR count). The van der Waals surface area contributed by atoms with Crippen molar-refractivity contribution in [3.8, 4) is 0 Å². The van der Waals surface area contributed by atoms with Gasteiger partial charge in [0.25, 0.3) is 0 Å². The quantitative estimate of drug-likeness (QED) is 0.452. The van der Waals surface area contributed by atoms with Gasteiger partial charge in [-0.2, -0.15) is 0 Å². The molecular formula is C7H8O2. The monoisotopic (exact) mass is 124 g/mol. The average Bonchev–Trinajstić information content (AvgIpc) is 2.33. The first-order valence-corrected chi connectivity index (χ1v) is 3.08. The van der Waals surface area contributed by atoms with Crippen LogP contribution in [0.3, 0.4) is 0 Å². The van der Waals surface area contributed by atoms with Crippen LogP contribution in [0.4, 0.5) is 0 Å². The Morgan fingerprint density at radius 1 is 1.56 bits per heavy atom. The Bertz CT molecular complexity index is 170. The fourth-order valence-electron chi connectivity index (χ4n) is 1.06. The number of fused-ring (bicyclic) bond motifs is 1. The molecule has 0 N–H and O–H groups in total. The van der Waals surface area contributed by atoms with Crippen LogP contribution in [-0.4, -0.2) is 12.9 Å². The lowest BCUT2D eigenvalue weighted by Crippen LogP contribution is -2.13. The lowest BCUT2D eigenvalue weighted by molar-refractivity contribution is -0.0599. The van der Waals surface area contributed by atoms with Crippen molar-refractivity contribution in [2.45, 2.75) is 12.7 Å². The molecule has 48 valence electrons. The van der Waals surface area contributed by atoms with E-state index in [0.29, 0.717) is 6.61 Å². The molecule has 0 fully saturated rings. The normalized spacial score (nSPS) is 31.1. The Morgan fingerprint density at radius 2 is 2.56 bits per heavy atom. The standard InChI is InChI=1S/C7H8O2/c1-2-6-3-5-9-7(6)8-4-1/h1,3-4,7H,2,5H2. The van der Waals surface area contributed by atoms with Crippen LogP contribution in [0.2, 0.25) is 0 Å². The van der Waals surface area contributed by atoms with E-state index in [9.17, 15) is 0 Å². The summed E-state index contributed by atoms with van der Waals surface area (Å²) in [6.07, 6.45) is 6.71. The summed E-state index contributed by atoms with van der Waals surface area (Å²) in [6, 6.07) is 0. The van der Waals surface area contributed by atoms with Gasteiger partial charge in [-0.25, -0.2) is 0 Å². The van der Waals surface area contributed by atoms with Crippen molar-refractivity contribution in [3.05, 3.63) is 24.0 Å². The molecule has 0 aromatic heterocycles. The highest BCUT2D eigenvalue weighted by Crippen LogP contribution is 2.22. The van der Waals surface area contributed by atoms with Gasteiger partial charge in [-0.1, -0.05) is 6.08 Å². The van der Waals surface area contributed by atoms with E-state index < -0.39 is 0 Å². The van der Waals surface area contributed by atoms with Gasteiger partial charge in [0.1, 0.15) is 0 Å². The molecule has 0 spiro atoms. The van der Waals surface area contributed by atoms with Gasteiger partial charge in [0, 0.05) is 0 Å². The minimum atomic E-state index is -0.0602. The minimum Gasteiger partial charge on any atom is -0.469 e. The van der Waals surface area contributed by atoms with Crippen LogP contribution in [0, 0.1) is 0 Å². The van der Waals surface area contributed by atoms with Gasteiger partial charge < -0.3 is 9.47 Å². The zero-order valence-electron chi connectivity index (χ0n) is 5.04. The first-order valence-electron chi connectivity index (χ1n) is 3.08. The van der Waals surface area contributed by atoms with Crippen LogP contribution in [0.1, 0.15) is 6.42 Å². The molecule has 1 unspecified atom stereocenters. The van der Waals surface area contributed by atoms with E-state index in [1.54, 1.807) is 6.26 Å². The SMILES string of the molecule is C1=COC2OCC=C2C1. The van der Waals surface area contributed by atoms with E-state index in [1.807, 2.05) is 6.08 Å². The highest BCUT2D eigenvalue weighted by Gasteiger charge is 2.21. The summed E-state index contributed by atoms with van der Waals surface area (Å²) in [7, 11) is 0. The molecule has 2 heterocycles. The lowest BCUT2D eigenvalue weighted by Gasteiger charge is -2.16. The number of hydrogen-bond donors (Lipinski definition) is 0. The first-order chi connectivity index (χ1) is 4.47. The van der Waals surface area contributed by atoms with Gasteiger partial charge in [0.05, 0.1) is 12.9 Å². The van der Waals surface area contributed by atoms with E-state index in [0.717, 1.165) is 6.42 Å². The molecule has 0 aromatic carbocycles. The molecule has 2 heteroatoms. The molecular weight excluding hydrogens is 116 g/mol. The molecule has 2 aliphatic rings. The third-order valence-electron chi connectivity index (χ3n) is 1.55. The zero-order valence-corrected chi connectivity index (χ0v) is 5.04. The van der Waals surface area contributed by atoms with Crippen LogP contribution in [0.5, 0.6) is 0 Å². The van der Waals surface area contributed by atoms with Gasteiger partial charge in [-0.3, -0.25) is 0 Å². The molecule has 2 nitrogen and oxygen atoms in total. The van der Waals surface area contributed by atoms with Crippen LogP contribution in [0.15, 0.2) is 24.0 Å². The summed E-state index contributed by atoms with van der Waals surface area (Å²) in [5.74, 6) is 0. The maximum absolute atomic E-state index is 5.19. The van der Waals surface area contributed by atoms with Crippen LogP contribution in [0.25, 0.3) is 0 Å². The number of allylic oxidation sites excluding steroid dienone is 1. The largest absolute Gasteiger partial charge is 0.469 e. The van der Waals surface area contributed by atoms with Crippen molar-refractivity contribution in [3.63, 3.8) is 0 Å². The first kappa shape index (κ1) is 5.06. The van der Waals surface area contributed by atoms with Gasteiger partial charge in [0.15, 0.2) is 0 Å². The second kappa shape index (κ2) is 1.88. The third-order valence-corrected chi connectivity index (χ3v) is 1.55. The molecule has 0 saturated heterocycles. The predicted octanol–water partition coefficient (Wildman–Crippen LogP) is 1.20. The van der Waals surface area contributed by atoms with Crippen molar-refractivity contribution in [1.29, 1.82) is 0 Å². The molecule has 0 aromatic rings. The molecule has 0 bridgehead atoms. The van der Waals surface area contributed by atoms with E-state index >= 15 is 0 Å². The second-order valence-corrected chi connectivity index (χ2v) is 2.16. The van der Waals surface area contributed by atoms with Gasteiger partial charge in [-0.15, -0.1) is 0 Å². The van der Waals surface area contributed by atoms with Crippen molar-refractivity contribution in [1.82, 2.24) is 0 Å². The highest BCUT2D eigenvalue weighted by molar-refractivity contribution is 5.16. The lowest BCUT2D eigenvalue weighted by atomic mass is 10.1. The summed E-state index contributed by atoms with van der Waals surface area (Å²) in [5.41, 5.74) is 1.26. The average molecular weight is 124 g/mol. The Morgan fingerprint density at radius 3 is 3.44 bits per heavy atom. The molecule has 1 atom stereocenters. The number of ether oxygens (including phenoxy) is 2. The van der Waals surface area contributed by atoms with Gasteiger partial charge in [-0.05, 0) is 18.1 Å².